The number of carbonyl (C=O) groups is 1. The highest BCUT2D eigenvalue weighted by Gasteiger charge is 2.03. The van der Waals surface area contributed by atoms with E-state index in [0.717, 1.165) is 5.56 Å². The first-order valence-corrected chi connectivity index (χ1v) is 5.27. The third-order valence-electron chi connectivity index (χ3n) is 1.97. The molecule has 1 aromatic carbocycles. The highest BCUT2D eigenvalue weighted by Crippen LogP contribution is 2.01. The zero-order chi connectivity index (χ0) is 11.6. The molecule has 0 spiro atoms. The van der Waals surface area contributed by atoms with E-state index in [1.54, 1.807) is 0 Å². The molecule has 0 atom stereocenters. The molecule has 0 radical (unpaired) electrons. The first-order valence-electron chi connectivity index (χ1n) is 5.27. The van der Waals surface area contributed by atoms with Crippen LogP contribution in [0, 0.1) is 0 Å². The summed E-state index contributed by atoms with van der Waals surface area (Å²) in [7, 11) is 0. The van der Waals surface area contributed by atoms with Gasteiger partial charge in [-0.25, -0.2) is 4.79 Å². The zero-order valence-corrected chi connectivity index (χ0v) is 9.09. The molecule has 0 heterocycles. The Balaban J connectivity index is 2.11. The summed E-state index contributed by atoms with van der Waals surface area (Å²) < 4.78 is 9.68. The fourth-order valence-corrected chi connectivity index (χ4v) is 1.13. The van der Waals surface area contributed by atoms with Crippen LogP contribution >= 0.6 is 0 Å². The molecule has 0 aromatic heterocycles. The Kier molecular flexibility index (Phi) is 6.03. The maximum atomic E-state index is 11.1. The average Bonchev–Trinajstić information content (AvgIpc) is 2.33. The number of aliphatic hydroxyl groups is 1. The fourth-order valence-electron chi connectivity index (χ4n) is 1.13. The zero-order valence-electron chi connectivity index (χ0n) is 9.09. The lowest BCUT2D eigenvalue weighted by atomic mass is 10.2. The second-order valence-electron chi connectivity index (χ2n) is 3.30. The Morgan fingerprint density at radius 2 is 1.88 bits per heavy atom. The molecule has 1 rings (SSSR count). The number of carbonyl (C=O) groups excluding carboxylic acids is 1. The molecule has 16 heavy (non-hydrogen) atoms. The molecular formula is C12H16O4. The van der Waals surface area contributed by atoms with E-state index in [-0.39, 0.29) is 19.8 Å². The van der Waals surface area contributed by atoms with Gasteiger partial charge in [-0.2, -0.15) is 0 Å². The van der Waals surface area contributed by atoms with Crippen molar-refractivity contribution in [2.45, 2.75) is 19.4 Å². The Morgan fingerprint density at radius 1 is 1.12 bits per heavy atom. The van der Waals surface area contributed by atoms with E-state index in [0.29, 0.717) is 12.8 Å². The Hall–Kier alpha value is -1.55. The summed E-state index contributed by atoms with van der Waals surface area (Å²) in [6.07, 6.45) is 0.616. The van der Waals surface area contributed by atoms with E-state index < -0.39 is 6.16 Å². The summed E-state index contributed by atoms with van der Waals surface area (Å²) >= 11 is 0. The van der Waals surface area contributed by atoms with Crippen molar-refractivity contribution in [2.24, 2.45) is 0 Å². The lowest BCUT2D eigenvalue weighted by Crippen LogP contribution is -2.08. The maximum absolute atomic E-state index is 11.1. The van der Waals surface area contributed by atoms with Gasteiger partial charge in [-0.05, 0) is 18.4 Å². The van der Waals surface area contributed by atoms with Crippen molar-refractivity contribution < 1.29 is 19.4 Å². The first kappa shape index (κ1) is 12.5. The second-order valence-corrected chi connectivity index (χ2v) is 3.30. The minimum Gasteiger partial charge on any atom is -0.434 e. The average molecular weight is 224 g/mol. The number of hydrogen-bond acceptors (Lipinski definition) is 4. The largest absolute Gasteiger partial charge is 0.508 e. The van der Waals surface area contributed by atoms with Crippen molar-refractivity contribution in [2.75, 3.05) is 13.2 Å². The van der Waals surface area contributed by atoms with Gasteiger partial charge in [-0.3, -0.25) is 0 Å². The van der Waals surface area contributed by atoms with Crippen LogP contribution in [-0.4, -0.2) is 24.5 Å². The molecule has 0 amide bonds. The van der Waals surface area contributed by atoms with Crippen molar-refractivity contribution in [1.29, 1.82) is 0 Å². The molecule has 4 heteroatoms. The number of ether oxygens (including phenoxy) is 2. The van der Waals surface area contributed by atoms with Gasteiger partial charge in [0.15, 0.2) is 0 Å². The molecule has 4 nitrogen and oxygen atoms in total. The van der Waals surface area contributed by atoms with E-state index in [4.69, 9.17) is 14.6 Å². The molecule has 0 unspecified atom stereocenters. The van der Waals surface area contributed by atoms with Crippen LogP contribution in [0.2, 0.25) is 0 Å². The second kappa shape index (κ2) is 7.70. The lowest BCUT2D eigenvalue weighted by Gasteiger charge is -2.05. The van der Waals surface area contributed by atoms with Gasteiger partial charge in [-0.15, -0.1) is 0 Å². The van der Waals surface area contributed by atoms with Gasteiger partial charge >= 0.3 is 6.16 Å². The SMILES string of the molecule is O=C(OCCCCO)OCc1ccccc1. The smallest absolute Gasteiger partial charge is 0.434 e. The van der Waals surface area contributed by atoms with Crippen molar-refractivity contribution in [1.82, 2.24) is 0 Å². The number of hydrogen-bond donors (Lipinski definition) is 1. The number of rotatable bonds is 6. The van der Waals surface area contributed by atoms with Gasteiger partial charge in [0.05, 0.1) is 6.61 Å². The van der Waals surface area contributed by atoms with Crippen LogP contribution in [0.4, 0.5) is 4.79 Å². The minimum atomic E-state index is -0.665. The standard InChI is InChI=1S/C12H16O4/c13-8-4-5-9-15-12(14)16-10-11-6-2-1-3-7-11/h1-3,6-7,13H,4-5,8-10H2. The molecule has 0 saturated carbocycles. The predicted octanol–water partition coefficient (Wildman–Crippen LogP) is 2.11. The number of unbranched alkanes of at least 4 members (excludes halogenated alkanes) is 1. The highest BCUT2D eigenvalue weighted by molar-refractivity contribution is 5.59. The molecule has 1 aromatic rings. The summed E-state index contributed by atoms with van der Waals surface area (Å²) in [6, 6.07) is 9.41. The molecular weight excluding hydrogens is 208 g/mol. The molecule has 0 aliphatic heterocycles. The van der Waals surface area contributed by atoms with Crippen LogP contribution in [0.1, 0.15) is 18.4 Å². The van der Waals surface area contributed by atoms with Crippen LogP contribution in [-0.2, 0) is 16.1 Å². The van der Waals surface area contributed by atoms with Crippen molar-refractivity contribution >= 4 is 6.16 Å². The van der Waals surface area contributed by atoms with Gasteiger partial charge in [0.1, 0.15) is 6.61 Å². The van der Waals surface area contributed by atoms with Crippen molar-refractivity contribution in [3.05, 3.63) is 35.9 Å². The molecule has 88 valence electrons. The summed E-state index contributed by atoms with van der Waals surface area (Å²) in [6.45, 7) is 0.621. The van der Waals surface area contributed by atoms with E-state index >= 15 is 0 Å². The fraction of sp³-hybridized carbons (Fsp3) is 0.417. The van der Waals surface area contributed by atoms with E-state index in [1.807, 2.05) is 30.3 Å². The summed E-state index contributed by atoms with van der Waals surface area (Å²) in [5, 5.41) is 8.51. The van der Waals surface area contributed by atoms with Crippen molar-refractivity contribution in [3.63, 3.8) is 0 Å². The van der Waals surface area contributed by atoms with Crippen LogP contribution in [0.5, 0.6) is 0 Å². The Morgan fingerprint density at radius 3 is 2.56 bits per heavy atom. The third kappa shape index (κ3) is 5.36. The van der Waals surface area contributed by atoms with Gasteiger partial charge in [0, 0.05) is 6.61 Å². The van der Waals surface area contributed by atoms with Crippen LogP contribution in [0.25, 0.3) is 0 Å². The van der Waals surface area contributed by atoms with Crippen molar-refractivity contribution in [3.8, 4) is 0 Å². The normalized spacial score (nSPS) is 9.81. The summed E-state index contributed by atoms with van der Waals surface area (Å²) in [5.74, 6) is 0. The summed E-state index contributed by atoms with van der Waals surface area (Å²) in [4.78, 5) is 11.1. The topological polar surface area (TPSA) is 55.8 Å². The first-order chi connectivity index (χ1) is 7.83. The highest BCUT2D eigenvalue weighted by atomic mass is 16.7. The molecule has 0 aliphatic carbocycles. The molecule has 0 fully saturated rings. The van der Waals surface area contributed by atoms with Crippen LogP contribution in [0.3, 0.4) is 0 Å². The maximum Gasteiger partial charge on any atom is 0.508 e. The minimum absolute atomic E-state index is 0.114. The van der Waals surface area contributed by atoms with Crippen LogP contribution < -0.4 is 0 Å². The molecule has 0 bridgehead atoms. The van der Waals surface area contributed by atoms with Gasteiger partial charge in [0.2, 0.25) is 0 Å². The lowest BCUT2D eigenvalue weighted by molar-refractivity contribution is 0.0479. The van der Waals surface area contributed by atoms with Gasteiger partial charge in [0.25, 0.3) is 0 Å². The quantitative estimate of drug-likeness (QED) is 0.594. The van der Waals surface area contributed by atoms with E-state index in [9.17, 15) is 4.79 Å². The van der Waals surface area contributed by atoms with Gasteiger partial charge < -0.3 is 14.6 Å². The number of aliphatic hydroxyl groups excluding tert-OH is 1. The molecule has 0 saturated heterocycles. The monoisotopic (exact) mass is 224 g/mol. The van der Waals surface area contributed by atoms with E-state index in [2.05, 4.69) is 0 Å². The Bertz CT molecular complexity index is 297. The van der Waals surface area contributed by atoms with E-state index in [1.165, 1.54) is 0 Å². The molecule has 0 aliphatic rings. The summed E-state index contributed by atoms with van der Waals surface area (Å²) in [5.41, 5.74) is 0.926. The predicted molar refractivity (Wildman–Crippen MR) is 58.9 cm³/mol. The Labute approximate surface area is 94.8 Å². The van der Waals surface area contributed by atoms with Gasteiger partial charge in [-0.1, -0.05) is 30.3 Å². The third-order valence-corrected chi connectivity index (χ3v) is 1.97. The van der Waals surface area contributed by atoms with Crippen LogP contribution in [0.15, 0.2) is 30.3 Å². The number of benzene rings is 1. The molecule has 1 N–H and O–H groups in total.